The maximum atomic E-state index is 5.64. The van der Waals surface area contributed by atoms with Crippen molar-refractivity contribution >= 4 is 22.7 Å². The molecule has 14 N–H and O–H groups in total. The van der Waals surface area contributed by atoms with Crippen molar-refractivity contribution in [3.8, 4) is 0 Å². The topological polar surface area (TPSA) is 180 Å². The van der Waals surface area contributed by atoms with Crippen molar-refractivity contribution in [1.29, 1.82) is 0 Å². The van der Waals surface area contributed by atoms with Gasteiger partial charge in [-0.25, -0.2) is 0 Å². The third-order valence-electron chi connectivity index (χ3n) is 8.10. The summed E-state index contributed by atoms with van der Waals surface area (Å²) in [6.45, 7) is 3.51. The first-order chi connectivity index (χ1) is 24.8. The lowest BCUT2D eigenvalue weighted by molar-refractivity contribution is 0.600. The van der Waals surface area contributed by atoms with Crippen molar-refractivity contribution in [2.75, 3.05) is 50.1 Å². The molecule has 0 unspecified atom stereocenters. The molecule has 5 aromatic carbocycles. The summed E-state index contributed by atoms with van der Waals surface area (Å²) in [7, 11) is 4.02. The van der Waals surface area contributed by atoms with Crippen LogP contribution in [0.4, 0.5) is 22.7 Å². The van der Waals surface area contributed by atoms with Crippen molar-refractivity contribution in [2.45, 2.75) is 58.0 Å². The molecule has 0 aliphatic carbocycles. The van der Waals surface area contributed by atoms with Crippen LogP contribution in [-0.4, -0.2) is 27.2 Å². The van der Waals surface area contributed by atoms with Crippen molar-refractivity contribution in [3.05, 3.63) is 155 Å². The van der Waals surface area contributed by atoms with Crippen LogP contribution < -0.4 is 45.0 Å². The fourth-order valence-corrected chi connectivity index (χ4v) is 5.00. The molecule has 0 aromatic heterocycles. The van der Waals surface area contributed by atoms with Gasteiger partial charge in [0.05, 0.1) is 0 Å². The van der Waals surface area contributed by atoms with Gasteiger partial charge in [-0.3, -0.25) is 0 Å². The molecule has 0 amide bonds. The number of nitrogen functional groups attached to an aromatic ring is 4. The maximum Gasteiger partial charge on any atom is 0.0314 e. The van der Waals surface area contributed by atoms with E-state index in [0.717, 1.165) is 53.1 Å². The molecule has 0 aliphatic rings. The SMILES string of the molecule is CNCCCCCCNC.NCc1cccc(CN)c1.Nc1ccc(CCc2ccc(N)cc2)cc1.Nc1ccc(Cc2ccc(N)cc2)cc1. The van der Waals surface area contributed by atoms with Crippen LogP contribution in [-0.2, 0) is 32.4 Å². The minimum Gasteiger partial charge on any atom is -0.399 e. The summed E-state index contributed by atoms with van der Waals surface area (Å²) in [5.74, 6) is 0. The van der Waals surface area contributed by atoms with E-state index in [1.165, 1.54) is 61.0 Å². The third-order valence-corrected chi connectivity index (χ3v) is 8.10. The molecule has 0 fully saturated rings. The van der Waals surface area contributed by atoms with E-state index in [0.29, 0.717) is 13.1 Å². The first kappa shape index (κ1) is 42.3. The Labute approximate surface area is 307 Å². The summed E-state index contributed by atoms with van der Waals surface area (Å²) in [5.41, 5.74) is 44.0. The summed E-state index contributed by atoms with van der Waals surface area (Å²) in [4.78, 5) is 0. The lowest BCUT2D eigenvalue weighted by atomic mass is 10.0. The number of unbranched alkanes of at least 4 members (excludes halogenated alkanes) is 3. The molecule has 8 nitrogen and oxygen atoms in total. The van der Waals surface area contributed by atoms with E-state index in [1.54, 1.807) is 0 Å². The molecular formula is C43H62N8. The van der Waals surface area contributed by atoms with Gasteiger partial charge in [0.15, 0.2) is 0 Å². The van der Waals surface area contributed by atoms with E-state index < -0.39 is 0 Å². The highest BCUT2D eigenvalue weighted by atomic mass is 14.8. The largest absolute Gasteiger partial charge is 0.399 e. The number of anilines is 4. The summed E-state index contributed by atoms with van der Waals surface area (Å²) in [5, 5.41) is 6.29. The van der Waals surface area contributed by atoms with Gasteiger partial charge in [0.2, 0.25) is 0 Å². The number of benzene rings is 5. The predicted octanol–water partition coefficient (Wildman–Crippen LogP) is 6.67. The smallest absolute Gasteiger partial charge is 0.0314 e. The molecule has 0 aliphatic heterocycles. The molecule has 5 rings (SSSR count). The van der Waals surface area contributed by atoms with Gasteiger partial charge in [-0.15, -0.1) is 0 Å². The van der Waals surface area contributed by atoms with Crippen LogP contribution >= 0.6 is 0 Å². The highest BCUT2D eigenvalue weighted by Crippen LogP contribution is 2.14. The van der Waals surface area contributed by atoms with Crippen LogP contribution in [0.1, 0.15) is 59.1 Å². The van der Waals surface area contributed by atoms with E-state index >= 15 is 0 Å². The molecule has 0 atom stereocenters. The van der Waals surface area contributed by atoms with Crippen LogP contribution in [0.5, 0.6) is 0 Å². The zero-order valence-corrected chi connectivity index (χ0v) is 30.8. The second-order valence-corrected chi connectivity index (χ2v) is 12.5. The van der Waals surface area contributed by atoms with Crippen molar-refractivity contribution in [2.24, 2.45) is 11.5 Å². The lowest BCUT2D eigenvalue weighted by Crippen LogP contribution is -2.09. The zero-order valence-electron chi connectivity index (χ0n) is 30.8. The van der Waals surface area contributed by atoms with Gasteiger partial charge in [0.1, 0.15) is 0 Å². The average molecular weight is 691 g/mol. The van der Waals surface area contributed by atoms with E-state index in [1.807, 2.05) is 111 Å². The van der Waals surface area contributed by atoms with Gasteiger partial charge in [0, 0.05) is 35.8 Å². The molecule has 0 bridgehead atoms. The minimum absolute atomic E-state index is 0.591. The van der Waals surface area contributed by atoms with Crippen LogP contribution in [0.25, 0.3) is 0 Å². The number of nitrogens with one attached hydrogen (secondary N) is 2. The van der Waals surface area contributed by atoms with E-state index in [9.17, 15) is 0 Å². The van der Waals surface area contributed by atoms with Crippen molar-refractivity contribution in [1.82, 2.24) is 10.6 Å². The molecule has 0 saturated heterocycles. The van der Waals surface area contributed by atoms with Crippen LogP contribution in [0.3, 0.4) is 0 Å². The summed E-state index contributed by atoms with van der Waals surface area (Å²) in [6, 6.07) is 40.0. The number of hydrogen-bond acceptors (Lipinski definition) is 8. The fraction of sp³-hybridized carbons (Fsp3) is 0.302. The monoisotopic (exact) mass is 691 g/mol. The molecule has 51 heavy (non-hydrogen) atoms. The fourth-order valence-electron chi connectivity index (χ4n) is 5.00. The molecule has 0 heterocycles. The zero-order chi connectivity index (χ0) is 37.1. The minimum atomic E-state index is 0.591. The van der Waals surface area contributed by atoms with Crippen LogP contribution in [0, 0.1) is 0 Å². The number of aryl methyl sites for hydroxylation is 2. The van der Waals surface area contributed by atoms with Crippen molar-refractivity contribution < 1.29 is 0 Å². The second-order valence-electron chi connectivity index (χ2n) is 12.5. The van der Waals surface area contributed by atoms with Crippen LogP contribution in [0.2, 0.25) is 0 Å². The molecule has 274 valence electrons. The normalized spacial score (nSPS) is 10.1. The Kier molecular flexibility index (Phi) is 21.6. The van der Waals surface area contributed by atoms with Gasteiger partial charge in [0.25, 0.3) is 0 Å². The van der Waals surface area contributed by atoms with Gasteiger partial charge in [-0.1, -0.05) is 85.6 Å². The number of rotatable bonds is 14. The van der Waals surface area contributed by atoms with E-state index in [4.69, 9.17) is 34.4 Å². The maximum absolute atomic E-state index is 5.64. The van der Waals surface area contributed by atoms with Gasteiger partial charge in [-0.05, 0) is 141 Å². The van der Waals surface area contributed by atoms with E-state index in [-0.39, 0.29) is 0 Å². The Morgan fingerprint density at radius 2 is 0.706 bits per heavy atom. The molecule has 0 radical (unpaired) electrons. The van der Waals surface area contributed by atoms with Crippen LogP contribution in [0.15, 0.2) is 121 Å². The first-order valence-corrected chi connectivity index (χ1v) is 17.9. The van der Waals surface area contributed by atoms with Crippen molar-refractivity contribution in [3.63, 3.8) is 0 Å². The second kappa shape index (κ2) is 26.0. The lowest BCUT2D eigenvalue weighted by Gasteiger charge is -2.03. The summed E-state index contributed by atoms with van der Waals surface area (Å²) < 4.78 is 0. The standard InChI is InChI=1S/C14H16N2.C13H14N2.C8H12N2.C8H20N2/c15-13-7-3-11(4-8-13)1-2-12-5-9-14(16)10-6-12;14-12-5-1-10(2-6-12)9-11-3-7-13(15)8-4-11;9-5-7-2-1-3-8(4-7)6-10;1-9-7-5-3-4-6-8-10-2/h3-10H,1-2,15-16H2;1-8H,9,14-15H2;1-4H,5-6,9-10H2;9-10H,3-8H2,1-2H3. The summed E-state index contributed by atoms with van der Waals surface area (Å²) in [6.07, 6.45) is 8.35. The van der Waals surface area contributed by atoms with Gasteiger partial charge in [-0.2, -0.15) is 0 Å². The quantitative estimate of drug-likeness (QED) is 0.0470. The Morgan fingerprint density at radius 1 is 0.392 bits per heavy atom. The summed E-state index contributed by atoms with van der Waals surface area (Å²) >= 11 is 0. The number of hydrogen-bond donors (Lipinski definition) is 8. The molecule has 8 heteroatoms. The molecule has 0 spiro atoms. The van der Waals surface area contributed by atoms with Gasteiger partial charge < -0.3 is 45.0 Å². The highest BCUT2D eigenvalue weighted by Gasteiger charge is 1.97. The van der Waals surface area contributed by atoms with Gasteiger partial charge >= 0.3 is 0 Å². The molecule has 0 saturated carbocycles. The Morgan fingerprint density at radius 3 is 1.00 bits per heavy atom. The average Bonchev–Trinajstić information content (AvgIpc) is 3.16. The Balaban J connectivity index is 0.000000242. The Hall–Kier alpha value is -4.86. The number of nitrogens with two attached hydrogens (primary N) is 6. The predicted molar refractivity (Wildman–Crippen MR) is 222 cm³/mol. The van der Waals surface area contributed by atoms with E-state index in [2.05, 4.69) is 34.9 Å². The molecule has 5 aromatic rings. The highest BCUT2D eigenvalue weighted by molar-refractivity contribution is 5.44. The molecular weight excluding hydrogens is 629 g/mol. The first-order valence-electron chi connectivity index (χ1n) is 17.9. The Bertz CT molecular complexity index is 1450. The third kappa shape index (κ3) is 19.8.